The van der Waals surface area contributed by atoms with Crippen molar-refractivity contribution in [3.05, 3.63) is 83.8 Å². The summed E-state index contributed by atoms with van der Waals surface area (Å²) in [5, 5.41) is 2.98. The number of aromatic nitrogens is 4. The van der Waals surface area contributed by atoms with Crippen LogP contribution >= 0.6 is 0 Å². The Balaban J connectivity index is 1.40. The molecule has 0 bridgehead atoms. The molecule has 2 aromatic carbocycles. The van der Waals surface area contributed by atoms with Gasteiger partial charge in [0.15, 0.2) is 11.6 Å². The number of nitrogens with one attached hydrogen (secondary N) is 1. The zero-order chi connectivity index (χ0) is 23.1. The van der Waals surface area contributed by atoms with Gasteiger partial charge < -0.3 is 19.5 Å². The van der Waals surface area contributed by atoms with Crippen molar-refractivity contribution in [2.45, 2.75) is 13.0 Å². The minimum absolute atomic E-state index is 0.155. The maximum atomic E-state index is 14.7. The molecular formula is C23H19F3N6O. The van der Waals surface area contributed by atoms with Gasteiger partial charge in [-0.2, -0.15) is 4.98 Å². The summed E-state index contributed by atoms with van der Waals surface area (Å²) in [7, 11) is 1.74. The van der Waals surface area contributed by atoms with E-state index in [9.17, 15) is 13.2 Å². The monoisotopic (exact) mass is 452 g/mol. The Morgan fingerprint density at radius 2 is 1.91 bits per heavy atom. The van der Waals surface area contributed by atoms with Gasteiger partial charge in [-0.25, -0.2) is 23.1 Å². The summed E-state index contributed by atoms with van der Waals surface area (Å²) in [6, 6.07) is 7.60. The smallest absolute Gasteiger partial charge is 0.229 e. The third-order valence-corrected chi connectivity index (χ3v) is 5.45. The Labute approximate surface area is 187 Å². The summed E-state index contributed by atoms with van der Waals surface area (Å²) in [4.78, 5) is 14.6. The number of aryl methyl sites for hydroxylation is 1. The summed E-state index contributed by atoms with van der Waals surface area (Å²) in [5.41, 5.74) is 1.90. The first-order valence-corrected chi connectivity index (χ1v) is 10.1. The first kappa shape index (κ1) is 20.8. The van der Waals surface area contributed by atoms with Crippen molar-refractivity contribution in [2.24, 2.45) is 0 Å². The third-order valence-electron chi connectivity index (χ3n) is 5.45. The Kier molecular flexibility index (Phi) is 5.12. The second-order valence-electron chi connectivity index (χ2n) is 7.70. The summed E-state index contributed by atoms with van der Waals surface area (Å²) in [5.74, 6) is -0.670. The molecular weight excluding hydrogens is 433 g/mol. The van der Waals surface area contributed by atoms with Crippen molar-refractivity contribution in [3.8, 4) is 11.4 Å². The lowest BCUT2D eigenvalue weighted by Crippen LogP contribution is -2.35. The fourth-order valence-corrected chi connectivity index (χ4v) is 3.75. The SMILES string of the molecule is Cc1cn(-c2ccc(Nc3ncc4c(n3)N(C)C(c3ccc(F)cc3F)CO4)cc2F)cn1. The molecule has 1 aliphatic heterocycles. The lowest BCUT2D eigenvalue weighted by Gasteiger charge is -2.35. The van der Waals surface area contributed by atoms with Crippen LogP contribution in [0, 0.1) is 24.4 Å². The quantitative estimate of drug-likeness (QED) is 0.484. The molecule has 0 spiro atoms. The highest BCUT2D eigenvalue weighted by molar-refractivity contribution is 5.61. The number of rotatable bonds is 4. The van der Waals surface area contributed by atoms with Crippen molar-refractivity contribution < 1.29 is 17.9 Å². The average Bonchev–Trinajstić information content (AvgIpc) is 3.21. The molecule has 0 radical (unpaired) electrons. The number of fused-ring (bicyclic) bond motifs is 1. The van der Waals surface area contributed by atoms with E-state index >= 15 is 0 Å². The molecule has 1 atom stereocenters. The summed E-state index contributed by atoms with van der Waals surface area (Å²) < 4.78 is 49.6. The van der Waals surface area contributed by atoms with Gasteiger partial charge in [-0.15, -0.1) is 0 Å². The number of benzene rings is 2. The van der Waals surface area contributed by atoms with Gasteiger partial charge in [0.1, 0.15) is 24.1 Å². The second-order valence-corrected chi connectivity index (χ2v) is 7.70. The minimum Gasteiger partial charge on any atom is -0.486 e. The molecule has 3 heterocycles. The van der Waals surface area contributed by atoms with Crippen molar-refractivity contribution >= 4 is 17.5 Å². The molecule has 7 nitrogen and oxygen atoms in total. The fourth-order valence-electron chi connectivity index (χ4n) is 3.75. The highest BCUT2D eigenvalue weighted by Crippen LogP contribution is 2.38. The number of likely N-dealkylation sites (N-methyl/N-ethyl adjacent to an activating group) is 1. The van der Waals surface area contributed by atoms with Gasteiger partial charge in [0.2, 0.25) is 5.95 Å². The van der Waals surface area contributed by atoms with Gasteiger partial charge in [0.25, 0.3) is 0 Å². The van der Waals surface area contributed by atoms with Crippen molar-refractivity contribution in [1.29, 1.82) is 0 Å². The Hall–Kier alpha value is -4.08. The fraction of sp³-hybridized carbons (Fsp3) is 0.174. The minimum atomic E-state index is -0.657. The highest BCUT2D eigenvalue weighted by atomic mass is 19.1. The van der Waals surface area contributed by atoms with Crippen LogP contribution < -0.4 is 15.0 Å². The molecule has 1 aliphatic rings. The highest BCUT2D eigenvalue weighted by Gasteiger charge is 2.30. The molecule has 2 aromatic heterocycles. The molecule has 0 amide bonds. The number of imidazole rings is 1. The molecule has 5 rings (SSSR count). The Bertz CT molecular complexity index is 1340. The van der Waals surface area contributed by atoms with Gasteiger partial charge in [-0.05, 0) is 31.2 Å². The van der Waals surface area contributed by atoms with Crippen LogP contribution in [0.25, 0.3) is 5.69 Å². The van der Waals surface area contributed by atoms with E-state index in [1.54, 1.807) is 41.2 Å². The molecule has 0 saturated heterocycles. The molecule has 1 N–H and O–H groups in total. The first-order valence-electron chi connectivity index (χ1n) is 10.1. The second kappa shape index (κ2) is 8.12. The maximum absolute atomic E-state index is 14.7. The van der Waals surface area contributed by atoms with Gasteiger partial charge in [0, 0.05) is 30.6 Å². The number of halogens is 3. The summed E-state index contributed by atoms with van der Waals surface area (Å²) in [6.45, 7) is 1.98. The van der Waals surface area contributed by atoms with E-state index in [1.807, 2.05) is 6.92 Å². The van der Waals surface area contributed by atoms with E-state index in [0.717, 1.165) is 11.8 Å². The van der Waals surface area contributed by atoms with Crippen LogP contribution in [0.2, 0.25) is 0 Å². The lowest BCUT2D eigenvalue weighted by molar-refractivity contribution is 0.262. The third kappa shape index (κ3) is 3.95. The van der Waals surface area contributed by atoms with Gasteiger partial charge in [-0.3, -0.25) is 0 Å². The van der Waals surface area contributed by atoms with E-state index in [1.165, 1.54) is 24.4 Å². The van der Waals surface area contributed by atoms with Crippen molar-refractivity contribution in [1.82, 2.24) is 19.5 Å². The van der Waals surface area contributed by atoms with E-state index < -0.39 is 23.5 Å². The molecule has 4 aromatic rings. The number of hydrogen-bond donors (Lipinski definition) is 1. The largest absolute Gasteiger partial charge is 0.486 e. The zero-order valence-electron chi connectivity index (χ0n) is 17.8. The lowest BCUT2D eigenvalue weighted by atomic mass is 10.0. The predicted molar refractivity (Wildman–Crippen MR) is 117 cm³/mol. The van der Waals surface area contributed by atoms with Crippen LogP contribution in [0.15, 0.2) is 55.1 Å². The van der Waals surface area contributed by atoms with Crippen LogP contribution in [0.1, 0.15) is 17.3 Å². The number of anilines is 3. The van der Waals surface area contributed by atoms with Crippen LogP contribution in [-0.4, -0.2) is 33.2 Å². The van der Waals surface area contributed by atoms with Crippen LogP contribution in [0.3, 0.4) is 0 Å². The van der Waals surface area contributed by atoms with E-state index in [0.29, 0.717) is 28.5 Å². The summed E-state index contributed by atoms with van der Waals surface area (Å²) in [6.07, 6.45) is 4.77. The number of hydrogen-bond acceptors (Lipinski definition) is 6. The van der Waals surface area contributed by atoms with Crippen LogP contribution in [0.4, 0.5) is 30.6 Å². The Morgan fingerprint density at radius 3 is 2.64 bits per heavy atom. The molecule has 0 saturated carbocycles. The predicted octanol–water partition coefficient (Wildman–Crippen LogP) is 4.70. The normalized spacial score (nSPS) is 15.2. The van der Waals surface area contributed by atoms with Gasteiger partial charge in [-0.1, -0.05) is 6.07 Å². The average molecular weight is 452 g/mol. The molecule has 0 aliphatic carbocycles. The zero-order valence-corrected chi connectivity index (χ0v) is 17.8. The molecule has 10 heteroatoms. The Morgan fingerprint density at radius 1 is 1.06 bits per heavy atom. The van der Waals surface area contributed by atoms with Crippen molar-refractivity contribution in [2.75, 3.05) is 23.9 Å². The van der Waals surface area contributed by atoms with E-state index in [-0.39, 0.29) is 12.6 Å². The molecule has 168 valence electrons. The van der Waals surface area contributed by atoms with Crippen LogP contribution in [-0.2, 0) is 0 Å². The maximum Gasteiger partial charge on any atom is 0.229 e. The number of ether oxygens (including phenoxy) is 1. The van der Waals surface area contributed by atoms with Crippen molar-refractivity contribution in [3.63, 3.8) is 0 Å². The van der Waals surface area contributed by atoms with E-state index in [2.05, 4.69) is 20.3 Å². The standard InChI is InChI=1S/C23H19F3N6O/c1-13-10-32(12-28-13)19-6-4-15(8-18(19)26)29-23-27-9-21-22(30-23)31(2)20(11-33-21)16-5-3-14(24)7-17(16)25/h3-10,12,20H,11H2,1-2H3,(H,27,29,30). The topological polar surface area (TPSA) is 68.1 Å². The molecule has 0 fully saturated rings. The molecule has 1 unspecified atom stereocenters. The number of nitrogens with zero attached hydrogens (tertiary/aromatic N) is 5. The van der Waals surface area contributed by atoms with E-state index in [4.69, 9.17) is 4.74 Å². The molecule has 33 heavy (non-hydrogen) atoms. The summed E-state index contributed by atoms with van der Waals surface area (Å²) >= 11 is 0. The van der Waals surface area contributed by atoms with Gasteiger partial charge in [0.05, 0.1) is 29.9 Å². The first-order chi connectivity index (χ1) is 15.9. The van der Waals surface area contributed by atoms with Gasteiger partial charge >= 0.3 is 0 Å². The van der Waals surface area contributed by atoms with Crippen LogP contribution in [0.5, 0.6) is 5.75 Å².